The lowest BCUT2D eigenvalue weighted by Gasteiger charge is -2.10. The zero-order chi connectivity index (χ0) is 13.0. The van der Waals surface area contributed by atoms with Crippen LogP contribution in [0.25, 0.3) is 0 Å². The molecule has 0 radical (unpaired) electrons. The van der Waals surface area contributed by atoms with Crippen LogP contribution in [-0.2, 0) is 11.2 Å². The van der Waals surface area contributed by atoms with Crippen molar-refractivity contribution < 1.29 is 23.4 Å². The maximum Gasteiger partial charge on any atom is 0.387 e. The van der Waals surface area contributed by atoms with Gasteiger partial charge in [-0.25, -0.2) is 0 Å². The topological polar surface area (TPSA) is 96.3 Å². The monoisotopic (exact) mass is 242 g/mol. The smallest absolute Gasteiger partial charge is 0.387 e. The van der Waals surface area contributed by atoms with Gasteiger partial charge >= 0.3 is 12.6 Å². The van der Waals surface area contributed by atoms with Crippen LogP contribution in [0.2, 0.25) is 0 Å². The van der Waals surface area contributed by atoms with Crippen molar-refractivity contribution in [3.05, 3.63) is 23.3 Å². The zero-order valence-electron chi connectivity index (χ0n) is 8.48. The van der Waals surface area contributed by atoms with Gasteiger partial charge in [-0.2, -0.15) is 14.0 Å². The van der Waals surface area contributed by atoms with Gasteiger partial charge in [0.1, 0.15) is 5.75 Å². The van der Waals surface area contributed by atoms with Crippen LogP contribution in [0.15, 0.2) is 12.1 Å². The third-order valence-corrected chi connectivity index (χ3v) is 1.93. The van der Waals surface area contributed by atoms with Crippen LogP contribution in [0.1, 0.15) is 11.1 Å². The molecule has 0 unspecified atom stereocenters. The summed E-state index contributed by atoms with van der Waals surface area (Å²) >= 11 is 0. The van der Waals surface area contributed by atoms with Crippen molar-refractivity contribution in [1.82, 2.24) is 0 Å². The number of hydrogen-bond donors (Lipinski definition) is 2. The Kier molecular flexibility index (Phi) is 3.82. The van der Waals surface area contributed by atoms with Gasteiger partial charge in [0.15, 0.2) is 0 Å². The molecule has 0 aromatic heterocycles. The lowest BCUT2D eigenvalue weighted by atomic mass is 10.0. The molecule has 0 aliphatic carbocycles. The predicted molar refractivity (Wildman–Crippen MR) is 53.5 cm³/mol. The second-order valence-corrected chi connectivity index (χ2v) is 3.10. The molecule has 1 aromatic carbocycles. The molecule has 0 amide bonds. The minimum Gasteiger partial charge on any atom is -0.481 e. The van der Waals surface area contributed by atoms with Gasteiger partial charge < -0.3 is 15.6 Å². The molecule has 0 spiro atoms. The Labute approximate surface area is 95.0 Å². The van der Waals surface area contributed by atoms with E-state index in [1.165, 1.54) is 0 Å². The van der Waals surface area contributed by atoms with Gasteiger partial charge in [-0.05, 0) is 6.07 Å². The second kappa shape index (κ2) is 5.12. The fourth-order valence-electron chi connectivity index (χ4n) is 1.29. The Balaban J connectivity index is 3.17. The first-order chi connectivity index (χ1) is 7.93. The van der Waals surface area contributed by atoms with E-state index in [9.17, 15) is 13.6 Å². The molecule has 7 heteroatoms. The molecule has 0 bridgehead atoms. The number of carboxylic acids is 1. The van der Waals surface area contributed by atoms with Gasteiger partial charge in [-0.15, -0.1) is 0 Å². The number of rotatable bonds is 4. The van der Waals surface area contributed by atoms with E-state index < -0.39 is 19.0 Å². The van der Waals surface area contributed by atoms with Crippen molar-refractivity contribution in [1.29, 1.82) is 5.26 Å². The van der Waals surface area contributed by atoms with E-state index in [-0.39, 0.29) is 22.6 Å². The molecule has 0 saturated heterocycles. The third kappa shape index (κ3) is 3.31. The van der Waals surface area contributed by atoms with E-state index in [1.807, 2.05) is 0 Å². The average Bonchev–Trinajstić information content (AvgIpc) is 2.20. The molecule has 17 heavy (non-hydrogen) atoms. The van der Waals surface area contributed by atoms with Crippen LogP contribution in [0.5, 0.6) is 5.75 Å². The molecule has 0 fully saturated rings. The van der Waals surface area contributed by atoms with Gasteiger partial charge in [0, 0.05) is 17.3 Å². The fraction of sp³-hybridized carbons (Fsp3) is 0.200. The number of ether oxygens (including phenoxy) is 1. The van der Waals surface area contributed by atoms with Gasteiger partial charge in [0.05, 0.1) is 18.1 Å². The summed E-state index contributed by atoms with van der Waals surface area (Å²) in [6, 6.07) is 3.78. The lowest BCUT2D eigenvalue weighted by molar-refractivity contribution is -0.136. The number of halogens is 2. The Bertz CT molecular complexity index is 483. The zero-order valence-corrected chi connectivity index (χ0v) is 8.48. The lowest BCUT2D eigenvalue weighted by Crippen LogP contribution is -2.08. The molecule has 0 aliphatic heterocycles. The van der Waals surface area contributed by atoms with E-state index in [0.29, 0.717) is 0 Å². The van der Waals surface area contributed by atoms with E-state index in [2.05, 4.69) is 4.74 Å². The summed E-state index contributed by atoms with van der Waals surface area (Å²) in [5, 5.41) is 17.4. The van der Waals surface area contributed by atoms with E-state index in [0.717, 1.165) is 12.1 Å². The van der Waals surface area contributed by atoms with E-state index in [1.54, 1.807) is 6.07 Å². The van der Waals surface area contributed by atoms with Crippen LogP contribution in [-0.4, -0.2) is 17.7 Å². The number of anilines is 1. The number of aliphatic carboxylic acids is 1. The molecule has 1 aromatic rings. The van der Waals surface area contributed by atoms with Crippen molar-refractivity contribution in [3.63, 3.8) is 0 Å². The van der Waals surface area contributed by atoms with E-state index in [4.69, 9.17) is 16.1 Å². The summed E-state index contributed by atoms with van der Waals surface area (Å²) < 4.78 is 28.0. The summed E-state index contributed by atoms with van der Waals surface area (Å²) in [5.41, 5.74) is 5.41. The maximum atomic E-state index is 12.0. The van der Waals surface area contributed by atoms with Gasteiger partial charge in [-0.1, -0.05) is 0 Å². The molecular formula is C10H8F2N2O3. The predicted octanol–water partition coefficient (Wildman–Crippen LogP) is 1.37. The number of nitrogens with two attached hydrogens (primary N) is 1. The summed E-state index contributed by atoms with van der Waals surface area (Å²) in [6.07, 6.45) is -0.455. The van der Waals surface area contributed by atoms with Crippen LogP contribution in [0, 0.1) is 11.3 Å². The number of nitriles is 1. The highest BCUT2D eigenvalue weighted by Crippen LogP contribution is 2.26. The Morgan fingerprint density at radius 1 is 1.59 bits per heavy atom. The van der Waals surface area contributed by atoms with Crippen LogP contribution in [0.3, 0.4) is 0 Å². The minimum atomic E-state index is -3.04. The number of hydrogen-bond acceptors (Lipinski definition) is 4. The first kappa shape index (κ1) is 12.7. The highest BCUT2D eigenvalue weighted by molar-refractivity contribution is 5.75. The summed E-state index contributed by atoms with van der Waals surface area (Å²) in [4.78, 5) is 10.5. The van der Waals surface area contributed by atoms with Gasteiger partial charge in [-0.3, -0.25) is 4.79 Å². The Morgan fingerprint density at radius 2 is 2.24 bits per heavy atom. The first-order valence-corrected chi connectivity index (χ1v) is 4.43. The van der Waals surface area contributed by atoms with Crippen molar-refractivity contribution in [2.45, 2.75) is 13.0 Å². The minimum absolute atomic E-state index is 0.0675. The number of nitrogens with zero attached hydrogens (tertiary/aromatic N) is 1. The highest BCUT2D eigenvalue weighted by Gasteiger charge is 2.14. The van der Waals surface area contributed by atoms with Gasteiger partial charge in [0.2, 0.25) is 0 Å². The quantitative estimate of drug-likeness (QED) is 0.777. The maximum absolute atomic E-state index is 12.0. The Hall–Kier alpha value is -2.36. The van der Waals surface area contributed by atoms with Crippen LogP contribution >= 0.6 is 0 Å². The normalized spacial score (nSPS) is 10.0. The summed E-state index contributed by atoms with van der Waals surface area (Å²) in [7, 11) is 0. The number of alkyl halides is 2. The largest absolute Gasteiger partial charge is 0.481 e. The number of carbonyl (C=O) groups is 1. The Morgan fingerprint density at radius 3 is 2.71 bits per heavy atom. The SMILES string of the molecule is N#Cc1cc(OC(F)F)cc(N)c1CC(=O)O. The molecule has 1 rings (SSSR count). The number of benzene rings is 1. The number of carboxylic acid groups (broad SMARTS) is 1. The van der Waals surface area contributed by atoms with Crippen molar-refractivity contribution in [3.8, 4) is 11.8 Å². The van der Waals surface area contributed by atoms with Crippen LogP contribution < -0.4 is 10.5 Å². The molecule has 0 saturated carbocycles. The molecule has 3 N–H and O–H groups in total. The van der Waals surface area contributed by atoms with Gasteiger partial charge in [0.25, 0.3) is 0 Å². The van der Waals surface area contributed by atoms with Crippen molar-refractivity contribution in [2.75, 3.05) is 5.73 Å². The molecular weight excluding hydrogens is 234 g/mol. The van der Waals surface area contributed by atoms with Crippen molar-refractivity contribution in [2.24, 2.45) is 0 Å². The fourth-order valence-corrected chi connectivity index (χ4v) is 1.29. The summed E-state index contributed by atoms with van der Waals surface area (Å²) in [5.74, 6) is -1.45. The van der Waals surface area contributed by atoms with E-state index >= 15 is 0 Å². The van der Waals surface area contributed by atoms with Crippen molar-refractivity contribution >= 4 is 11.7 Å². The molecule has 0 heterocycles. The highest BCUT2D eigenvalue weighted by atomic mass is 19.3. The molecule has 0 atom stereocenters. The first-order valence-electron chi connectivity index (χ1n) is 4.43. The van der Waals surface area contributed by atoms with Crippen LogP contribution in [0.4, 0.5) is 14.5 Å². The second-order valence-electron chi connectivity index (χ2n) is 3.10. The standard InChI is InChI=1S/C10H8F2N2O3/c11-10(12)17-6-1-5(4-13)7(3-9(15)16)8(14)2-6/h1-2,10H,3,14H2,(H,15,16). The third-order valence-electron chi connectivity index (χ3n) is 1.93. The molecule has 90 valence electrons. The average molecular weight is 242 g/mol. The molecule has 0 aliphatic rings. The summed E-state index contributed by atoms with van der Waals surface area (Å²) in [6.45, 7) is -3.04. The number of nitrogen functional groups attached to an aromatic ring is 1. The molecule has 5 nitrogen and oxygen atoms in total.